The fraction of sp³-hybridized carbons (Fsp3) is 0.350. The van der Waals surface area contributed by atoms with Gasteiger partial charge in [-0.15, -0.1) is 0 Å². The second-order valence-electron chi connectivity index (χ2n) is 6.86. The number of ether oxygens (including phenoxy) is 2. The number of rotatable bonds is 4. The maximum atomic E-state index is 13.0. The summed E-state index contributed by atoms with van der Waals surface area (Å²) in [5.74, 6) is 0.922. The molecule has 0 aliphatic carbocycles. The van der Waals surface area contributed by atoms with Crippen molar-refractivity contribution in [3.63, 3.8) is 0 Å². The zero-order valence-electron chi connectivity index (χ0n) is 15.7. The summed E-state index contributed by atoms with van der Waals surface area (Å²) in [7, 11) is -3.67. The zero-order chi connectivity index (χ0) is 20.4. The molecule has 0 radical (unpaired) electrons. The second kappa shape index (κ2) is 8.22. The summed E-state index contributed by atoms with van der Waals surface area (Å²) in [4.78, 5) is 14.4. The third-order valence-electron chi connectivity index (χ3n) is 5.04. The van der Waals surface area contributed by atoms with Crippen molar-refractivity contribution in [1.82, 2.24) is 9.21 Å². The molecule has 0 bridgehead atoms. The highest BCUT2D eigenvalue weighted by Crippen LogP contribution is 2.33. The molecule has 0 unspecified atom stereocenters. The number of hydrogen-bond acceptors (Lipinski definition) is 5. The first-order valence-electron chi connectivity index (χ1n) is 9.36. The van der Waals surface area contributed by atoms with Gasteiger partial charge in [0.05, 0.1) is 11.3 Å². The van der Waals surface area contributed by atoms with Crippen LogP contribution in [0.4, 0.5) is 0 Å². The number of sulfonamides is 1. The summed E-state index contributed by atoms with van der Waals surface area (Å²) in [6, 6.07) is 11.9. The first-order valence-corrected chi connectivity index (χ1v) is 11.2. The highest BCUT2D eigenvalue weighted by Gasteiger charge is 2.31. The summed E-state index contributed by atoms with van der Waals surface area (Å²) < 4.78 is 38.3. The van der Waals surface area contributed by atoms with Crippen LogP contribution in [0.1, 0.15) is 5.56 Å². The molecular formula is C20H21ClN2O5S. The number of fused-ring (bicyclic) bond motifs is 1. The zero-order valence-corrected chi connectivity index (χ0v) is 17.3. The van der Waals surface area contributed by atoms with Crippen molar-refractivity contribution in [3.8, 4) is 11.5 Å². The van der Waals surface area contributed by atoms with Crippen LogP contribution in [0.2, 0.25) is 5.02 Å². The Kier molecular flexibility index (Phi) is 5.67. The third kappa shape index (κ3) is 4.19. The van der Waals surface area contributed by atoms with Crippen LogP contribution < -0.4 is 9.47 Å². The maximum absolute atomic E-state index is 13.0. The van der Waals surface area contributed by atoms with E-state index in [0.29, 0.717) is 42.8 Å². The summed E-state index contributed by atoms with van der Waals surface area (Å²) in [6.45, 7) is 2.00. The van der Waals surface area contributed by atoms with E-state index in [1.807, 2.05) is 18.2 Å². The Morgan fingerprint density at radius 2 is 1.66 bits per heavy atom. The molecule has 1 fully saturated rings. The van der Waals surface area contributed by atoms with E-state index in [-0.39, 0.29) is 30.3 Å². The van der Waals surface area contributed by atoms with Gasteiger partial charge in [-0.1, -0.05) is 29.8 Å². The third-order valence-corrected chi connectivity index (χ3v) is 7.31. The number of nitrogens with zero attached hydrogens (tertiary/aromatic N) is 2. The lowest BCUT2D eigenvalue weighted by Gasteiger charge is -2.34. The van der Waals surface area contributed by atoms with E-state index in [0.717, 1.165) is 5.56 Å². The molecular weight excluding hydrogens is 416 g/mol. The number of benzene rings is 2. The van der Waals surface area contributed by atoms with Gasteiger partial charge in [0.15, 0.2) is 11.5 Å². The molecule has 0 aromatic heterocycles. The highest BCUT2D eigenvalue weighted by molar-refractivity contribution is 7.89. The Morgan fingerprint density at radius 3 is 2.38 bits per heavy atom. The summed E-state index contributed by atoms with van der Waals surface area (Å²) in [5.41, 5.74) is 0.769. The SMILES string of the molecule is O=C(Cc1ccccc1Cl)N1CCN(S(=O)(=O)c2ccc3c(c2)OCCO3)CC1. The second-order valence-corrected chi connectivity index (χ2v) is 9.20. The molecule has 2 aromatic carbocycles. The quantitative estimate of drug-likeness (QED) is 0.734. The molecule has 9 heteroatoms. The standard InChI is InChI=1S/C20H21ClN2O5S/c21-17-4-2-1-3-15(17)13-20(24)22-7-9-23(10-8-22)29(25,26)16-5-6-18-19(14-16)28-12-11-27-18/h1-6,14H,7-13H2. The lowest BCUT2D eigenvalue weighted by molar-refractivity contribution is -0.131. The topological polar surface area (TPSA) is 76.2 Å². The van der Waals surface area contributed by atoms with Crippen LogP contribution in [0.15, 0.2) is 47.4 Å². The molecule has 2 aliphatic heterocycles. The molecule has 1 saturated heterocycles. The van der Waals surface area contributed by atoms with Crippen LogP contribution >= 0.6 is 11.6 Å². The minimum absolute atomic E-state index is 0.0607. The summed E-state index contributed by atoms with van der Waals surface area (Å²) in [5, 5.41) is 0.556. The molecule has 29 heavy (non-hydrogen) atoms. The van der Waals surface area contributed by atoms with E-state index in [4.69, 9.17) is 21.1 Å². The van der Waals surface area contributed by atoms with Crippen molar-refractivity contribution >= 4 is 27.5 Å². The molecule has 2 aliphatic rings. The Labute approximate surface area is 174 Å². The maximum Gasteiger partial charge on any atom is 0.243 e. The highest BCUT2D eigenvalue weighted by atomic mass is 35.5. The summed E-state index contributed by atoms with van der Waals surface area (Å²) >= 11 is 6.13. The van der Waals surface area contributed by atoms with E-state index in [1.165, 1.54) is 16.4 Å². The predicted molar refractivity (Wildman–Crippen MR) is 108 cm³/mol. The van der Waals surface area contributed by atoms with Crippen LogP contribution in [0.3, 0.4) is 0 Å². The van der Waals surface area contributed by atoms with Gasteiger partial charge in [0.2, 0.25) is 15.9 Å². The molecule has 7 nitrogen and oxygen atoms in total. The molecule has 0 N–H and O–H groups in total. The van der Waals surface area contributed by atoms with Gasteiger partial charge < -0.3 is 14.4 Å². The first kappa shape index (κ1) is 20.0. The number of amides is 1. The molecule has 154 valence electrons. The van der Waals surface area contributed by atoms with Gasteiger partial charge in [-0.2, -0.15) is 4.31 Å². The van der Waals surface area contributed by atoms with Gasteiger partial charge in [0.1, 0.15) is 13.2 Å². The van der Waals surface area contributed by atoms with Crippen LogP contribution in [0, 0.1) is 0 Å². The molecule has 0 saturated carbocycles. The monoisotopic (exact) mass is 436 g/mol. The molecule has 0 spiro atoms. The number of halogens is 1. The Morgan fingerprint density at radius 1 is 0.966 bits per heavy atom. The van der Waals surface area contributed by atoms with Crippen molar-refractivity contribution in [2.45, 2.75) is 11.3 Å². The van der Waals surface area contributed by atoms with Crippen molar-refractivity contribution in [1.29, 1.82) is 0 Å². The fourth-order valence-electron chi connectivity index (χ4n) is 3.43. The average Bonchev–Trinajstić information content (AvgIpc) is 2.75. The largest absolute Gasteiger partial charge is 0.486 e. The molecule has 1 amide bonds. The van der Waals surface area contributed by atoms with Crippen LogP contribution in [0.25, 0.3) is 0 Å². The van der Waals surface area contributed by atoms with Gasteiger partial charge in [-0.05, 0) is 23.8 Å². The van der Waals surface area contributed by atoms with E-state index >= 15 is 0 Å². The van der Waals surface area contributed by atoms with Crippen LogP contribution in [-0.4, -0.2) is 62.9 Å². The van der Waals surface area contributed by atoms with Gasteiger partial charge in [0, 0.05) is 37.3 Å². The smallest absolute Gasteiger partial charge is 0.243 e. The van der Waals surface area contributed by atoms with Crippen molar-refractivity contribution in [3.05, 3.63) is 53.1 Å². The lowest BCUT2D eigenvalue weighted by Crippen LogP contribution is -2.50. The van der Waals surface area contributed by atoms with Crippen LogP contribution in [0.5, 0.6) is 11.5 Å². The van der Waals surface area contributed by atoms with Crippen LogP contribution in [-0.2, 0) is 21.2 Å². The Bertz CT molecular complexity index is 1020. The fourth-order valence-corrected chi connectivity index (χ4v) is 5.07. The number of piperazine rings is 1. The molecule has 2 aromatic rings. The van der Waals surface area contributed by atoms with E-state index in [9.17, 15) is 13.2 Å². The van der Waals surface area contributed by atoms with E-state index in [2.05, 4.69) is 0 Å². The molecule has 0 atom stereocenters. The number of carbonyl (C=O) groups excluding carboxylic acids is 1. The average molecular weight is 437 g/mol. The van der Waals surface area contributed by atoms with Crippen molar-refractivity contribution in [2.24, 2.45) is 0 Å². The minimum atomic E-state index is -3.67. The molecule has 2 heterocycles. The van der Waals surface area contributed by atoms with Crippen molar-refractivity contribution < 1.29 is 22.7 Å². The number of carbonyl (C=O) groups is 1. The van der Waals surface area contributed by atoms with Gasteiger partial charge >= 0.3 is 0 Å². The number of hydrogen-bond donors (Lipinski definition) is 0. The first-order chi connectivity index (χ1) is 13.9. The van der Waals surface area contributed by atoms with Gasteiger partial charge in [0.25, 0.3) is 0 Å². The normalized spacial score (nSPS) is 17.2. The Balaban J connectivity index is 1.41. The van der Waals surface area contributed by atoms with Gasteiger partial charge in [-0.3, -0.25) is 4.79 Å². The summed E-state index contributed by atoms with van der Waals surface area (Å²) in [6.07, 6.45) is 0.203. The lowest BCUT2D eigenvalue weighted by atomic mass is 10.1. The van der Waals surface area contributed by atoms with Crippen molar-refractivity contribution in [2.75, 3.05) is 39.4 Å². The van der Waals surface area contributed by atoms with Gasteiger partial charge in [-0.25, -0.2) is 8.42 Å². The Hall–Kier alpha value is -2.29. The molecule has 4 rings (SSSR count). The minimum Gasteiger partial charge on any atom is -0.486 e. The van der Waals surface area contributed by atoms with E-state index < -0.39 is 10.0 Å². The van der Waals surface area contributed by atoms with E-state index in [1.54, 1.807) is 17.0 Å². The predicted octanol–water partition coefficient (Wildman–Crippen LogP) is 2.19.